The van der Waals surface area contributed by atoms with Gasteiger partial charge in [0.25, 0.3) is 0 Å². The van der Waals surface area contributed by atoms with E-state index >= 15 is 0 Å². The van der Waals surface area contributed by atoms with Gasteiger partial charge in [-0.15, -0.1) is 6.58 Å². The van der Waals surface area contributed by atoms with Crippen molar-refractivity contribution >= 4 is 11.9 Å². The molecule has 1 aromatic rings. The molecule has 1 saturated heterocycles. The van der Waals surface area contributed by atoms with Crippen molar-refractivity contribution < 1.29 is 24.2 Å². The molecule has 130 valence electrons. The fraction of sp³-hybridized carbons (Fsp3) is 0.444. The van der Waals surface area contributed by atoms with Crippen LogP contribution in [0.15, 0.2) is 43.0 Å². The Morgan fingerprint density at radius 2 is 1.96 bits per heavy atom. The molecule has 0 radical (unpaired) electrons. The summed E-state index contributed by atoms with van der Waals surface area (Å²) in [6, 6.07) is 8.63. The molecule has 1 fully saturated rings. The van der Waals surface area contributed by atoms with E-state index in [0.29, 0.717) is 31.9 Å². The fourth-order valence-corrected chi connectivity index (χ4v) is 2.53. The first-order chi connectivity index (χ1) is 11.6. The number of carbonyl (C=O) groups is 2. The predicted octanol–water partition coefficient (Wildman–Crippen LogP) is 1.26. The number of nitrogens with zero attached hydrogens (tertiary/aromatic N) is 1. The van der Waals surface area contributed by atoms with E-state index < -0.39 is 18.0 Å². The highest BCUT2D eigenvalue weighted by molar-refractivity contribution is 5.89. The van der Waals surface area contributed by atoms with Crippen LogP contribution in [-0.2, 0) is 14.3 Å². The standard InChI is InChI=1S/C18H23NO5/c1-2-15(17(21)19-9-12-23-13-10-19)16(20)8-11-24-18(22)14-6-4-3-5-7-14/h2-7,15-16,20H,1,8-13H2. The molecule has 1 N–H and O–H groups in total. The summed E-state index contributed by atoms with van der Waals surface area (Å²) in [6.45, 7) is 5.71. The minimum atomic E-state index is -0.943. The maximum Gasteiger partial charge on any atom is 0.338 e. The lowest BCUT2D eigenvalue weighted by Crippen LogP contribution is -2.46. The Hall–Kier alpha value is -2.18. The lowest BCUT2D eigenvalue weighted by atomic mass is 9.98. The molecule has 2 rings (SSSR count). The molecule has 0 bridgehead atoms. The Kier molecular flexibility index (Phi) is 6.96. The van der Waals surface area contributed by atoms with E-state index in [1.165, 1.54) is 6.08 Å². The first-order valence-corrected chi connectivity index (χ1v) is 8.03. The largest absolute Gasteiger partial charge is 0.462 e. The van der Waals surface area contributed by atoms with E-state index in [2.05, 4.69) is 6.58 Å². The Bertz CT molecular complexity index is 554. The van der Waals surface area contributed by atoms with Gasteiger partial charge >= 0.3 is 5.97 Å². The number of benzene rings is 1. The van der Waals surface area contributed by atoms with Crippen LogP contribution >= 0.6 is 0 Å². The van der Waals surface area contributed by atoms with Gasteiger partial charge in [-0.3, -0.25) is 4.79 Å². The van der Waals surface area contributed by atoms with Crippen LogP contribution in [0.1, 0.15) is 16.8 Å². The second kappa shape index (κ2) is 9.20. The van der Waals surface area contributed by atoms with Gasteiger partial charge in [0.15, 0.2) is 0 Å². The maximum absolute atomic E-state index is 12.4. The minimum Gasteiger partial charge on any atom is -0.462 e. The van der Waals surface area contributed by atoms with Gasteiger partial charge in [0.1, 0.15) is 0 Å². The molecule has 1 heterocycles. The number of ether oxygens (including phenoxy) is 2. The van der Waals surface area contributed by atoms with E-state index in [0.717, 1.165) is 0 Å². The van der Waals surface area contributed by atoms with Crippen molar-refractivity contribution in [3.63, 3.8) is 0 Å². The number of rotatable bonds is 7. The highest BCUT2D eigenvalue weighted by Crippen LogP contribution is 2.15. The van der Waals surface area contributed by atoms with Gasteiger partial charge in [-0.1, -0.05) is 24.3 Å². The van der Waals surface area contributed by atoms with Gasteiger partial charge < -0.3 is 19.5 Å². The van der Waals surface area contributed by atoms with Crippen LogP contribution < -0.4 is 0 Å². The number of morpholine rings is 1. The van der Waals surface area contributed by atoms with E-state index in [1.54, 1.807) is 29.2 Å². The molecule has 2 unspecified atom stereocenters. The molecule has 0 spiro atoms. The smallest absolute Gasteiger partial charge is 0.338 e. The topological polar surface area (TPSA) is 76.1 Å². The molecule has 1 aliphatic heterocycles. The number of aliphatic hydroxyl groups is 1. The molecule has 1 amide bonds. The number of amides is 1. The number of aliphatic hydroxyl groups excluding tert-OH is 1. The van der Waals surface area contributed by atoms with Gasteiger partial charge in [-0.2, -0.15) is 0 Å². The average molecular weight is 333 g/mol. The molecule has 0 aliphatic carbocycles. The van der Waals surface area contributed by atoms with Crippen molar-refractivity contribution in [3.8, 4) is 0 Å². The van der Waals surface area contributed by atoms with E-state index in [9.17, 15) is 14.7 Å². The van der Waals surface area contributed by atoms with Gasteiger partial charge in [-0.25, -0.2) is 4.79 Å². The Morgan fingerprint density at radius 1 is 1.29 bits per heavy atom. The summed E-state index contributed by atoms with van der Waals surface area (Å²) < 4.78 is 10.4. The van der Waals surface area contributed by atoms with E-state index in [4.69, 9.17) is 9.47 Å². The van der Waals surface area contributed by atoms with Gasteiger partial charge in [0.05, 0.1) is 37.4 Å². The Balaban J connectivity index is 1.81. The van der Waals surface area contributed by atoms with Crippen LogP contribution in [0.3, 0.4) is 0 Å². The second-order valence-corrected chi connectivity index (χ2v) is 5.56. The zero-order valence-corrected chi connectivity index (χ0v) is 13.6. The lowest BCUT2D eigenvalue weighted by molar-refractivity contribution is -0.141. The zero-order valence-electron chi connectivity index (χ0n) is 13.6. The summed E-state index contributed by atoms with van der Waals surface area (Å²) in [5.74, 6) is -1.33. The Labute approximate surface area is 141 Å². The number of esters is 1. The quantitative estimate of drug-likeness (QED) is 0.600. The van der Waals surface area contributed by atoms with Crippen LogP contribution in [0.2, 0.25) is 0 Å². The number of carbonyl (C=O) groups excluding carboxylic acids is 2. The molecule has 24 heavy (non-hydrogen) atoms. The van der Waals surface area contributed by atoms with Gasteiger partial charge in [-0.05, 0) is 12.1 Å². The molecule has 2 atom stereocenters. The third-order valence-electron chi connectivity index (χ3n) is 3.93. The monoisotopic (exact) mass is 333 g/mol. The molecule has 1 aliphatic rings. The third kappa shape index (κ3) is 4.91. The van der Waals surface area contributed by atoms with Crippen molar-refractivity contribution in [3.05, 3.63) is 48.6 Å². The van der Waals surface area contributed by atoms with Gasteiger partial charge in [0.2, 0.25) is 5.91 Å². The normalized spacial score (nSPS) is 17.0. The van der Waals surface area contributed by atoms with Crippen LogP contribution in [-0.4, -0.2) is 60.9 Å². The summed E-state index contributed by atoms with van der Waals surface area (Å²) in [6.07, 6.45) is 0.675. The average Bonchev–Trinajstić information content (AvgIpc) is 2.63. The van der Waals surface area contributed by atoms with Crippen LogP contribution in [0.5, 0.6) is 0 Å². The van der Waals surface area contributed by atoms with Crippen LogP contribution in [0, 0.1) is 5.92 Å². The first-order valence-electron chi connectivity index (χ1n) is 8.03. The third-order valence-corrected chi connectivity index (χ3v) is 3.93. The van der Waals surface area contributed by atoms with Crippen LogP contribution in [0.4, 0.5) is 0 Å². The molecular weight excluding hydrogens is 310 g/mol. The Morgan fingerprint density at radius 3 is 2.58 bits per heavy atom. The summed E-state index contributed by atoms with van der Waals surface area (Å²) in [5.41, 5.74) is 0.455. The zero-order chi connectivity index (χ0) is 17.4. The van der Waals surface area contributed by atoms with Crippen molar-refractivity contribution in [2.75, 3.05) is 32.9 Å². The van der Waals surface area contributed by atoms with Crippen molar-refractivity contribution in [1.82, 2.24) is 4.90 Å². The summed E-state index contributed by atoms with van der Waals surface area (Å²) in [4.78, 5) is 25.9. The highest BCUT2D eigenvalue weighted by Gasteiger charge is 2.29. The van der Waals surface area contributed by atoms with Crippen molar-refractivity contribution in [2.45, 2.75) is 12.5 Å². The van der Waals surface area contributed by atoms with E-state index in [-0.39, 0.29) is 18.9 Å². The fourth-order valence-electron chi connectivity index (χ4n) is 2.53. The molecule has 6 heteroatoms. The van der Waals surface area contributed by atoms with Crippen molar-refractivity contribution in [1.29, 1.82) is 0 Å². The van der Waals surface area contributed by atoms with E-state index in [1.807, 2.05) is 6.07 Å². The predicted molar refractivity (Wildman–Crippen MR) is 88.4 cm³/mol. The van der Waals surface area contributed by atoms with Crippen molar-refractivity contribution in [2.24, 2.45) is 5.92 Å². The lowest BCUT2D eigenvalue weighted by Gasteiger charge is -2.31. The molecule has 0 aromatic heterocycles. The minimum absolute atomic E-state index is 0.0373. The molecule has 0 saturated carbocycles. The SMILES string of the molecule is C=CC(C(=O)N1CCOCC1)C(O)CCOC(=O)c1ccccc1. The summed E-state index contributed by atoms with van der Waals surface area (Å²) >= 11 is 0. The molecule has 6 nitrogen and oxygen atoms in total. The number of hydrogen-bond donors (Lipinski definition) is 1. The maximum atomic E-state index is 12.4. The second-order valence-electron chi connectivity index (χ2n) is 5.56. The molecule has 1 aromatic carbocycles. The number of hydrogen-bond acceptors (Lipinski definition) is 5. The van der Waals surface area contributed by atoms with Crippen LogP contribution in [0.25, 0.3) is 0 Å². The highest BCUT2D eigenvalue weighted by atomic mass is 16.5. The molecular formula is C18H23NO5. The first kappa shape index (κ1) is 18.2. The van der Waals surface area contributed by atoms with Gasteiger partial charge in [0, 0.05) is 19.5 Å². The summed E-state index contributed by atoms with van der Waals surface area (Å²) in [5, 5.41) is 10.3. The summed E-state index contributed by atoms with van der Waals surface area (Å²) in [7, 11) is 0.